The molecule has 0 bridgehead atoms. The van der Waals surface area contributed by atoms with Gasteiger partial charge in [0, 0.05) is 11.1 Å². The van der Waals surface area contributed by atoms with Crippen molar-refractivity contribution < 1.29 is 14.8 Å². The first kappa shape index (κ1) is 11.3. The molecular weight excluding hydrogens is 224 g/mol. The number of aliphatic carboxylic acids is 1. The number of carbonyl (C=O) groups is 1. The summed E-state index contributed by atoms with van der Waals surface area (Å²) >= 11 is 5.63. The van der Waals surface area contributed by atoms with Gasteiger partial charge in [-0.2, -0.15) is 0 Å². The minimum Gasteiger partial charge on any atom is -0.480 e. The second kappa shape index (κ2) is 4.61. The molecule has 0 aliphatic rings. The van der Waals surface area contributed by atoms with Crippen molar-refractivity contribution >= 4 is 28.9 Å². The molecule has 6 nitrogen and oxygen atoms in total. The summed E-state index contributed by atoms with van der Waals surface area (Å²) in [5.74, 6) is -1.11. The second-order valence-corrected chi connectivity index (χ2v) is 3.10. The van der Waals surface area contributed by atoms with E-state index < -0.39 is 17.4 Å². The van der Waals surface area contributed by atoms with Gasteiger partial charge in [-0.25, -0.2) is 0 Å². The van der Waals surface area contributed by atoms with Gasteiger partial charge >= 0.3 is 5.97 Å². The Kier molecular flexibility index (Phi) is 3.46. The van der Waals surface area contributed by atoms with Gasteiger partial charge in [-0.05, 0) is 12.1 Å². The molecule has 0 atom stereocenters. The first-order valence-electron chi connectivity index (χ1n) is 3.90. The number of nitro benzene ring substituents is 1. The zero-order chi connectivity index (χ0) is 11.4. The highest BCUT2D eigenvalue weighted by Crippen LogP contribution is 2.27. The summed E-state index contributed by atoms with van der Waals surface area (Å²) in [4.78, 5) is 20.2. The van der Waals surface area contributed by atoms with E-state index in [0.29, 0.717) is 5.02 Å². The highest BCUT2D eigenvalue weighted by atomic mass is 35.5. The Morgan fingerprint density at radius 1 is 1.60 bits per heavy atom. The van der Waals surface area contributed by atoms with Crippen LogP contribution in [0.15, 0.2) is 18.2 Å². The van der Waals surface area contributed by atoms with E-state index in [9.17, 15) is 14.9 Å². The summed E-state index contributed by atoms with van der Waals surface area (Å²) in [5, 5.41) is 21.7. The fourth-order valence-corrected chi connectivity index (χ4v) is 1.15. The lowest BCUT2D eigenvalue weighted by atomic mass is 10.2. The van der Waals surface area contributed by atoms with Gasteiger partial charge in [0.25, 0.3) is 5.69 Å². The Morgan fingerprint density at radius 3 is 2.80 bits per heavy atom. The molecule has 0 unspecified atom stereocenters. The minimum atomic E-state index is -1.11. The normalized spacial score (nSPS) is 9.67. The number of nitrogens with zero attached hydrogens (tertiary/aromatic N) is 1. The first-order chi connectivity index (χ1) is 7.00. The summed E-state index contributed by atoms with van der Waals surface area (Å²) in [7, 11) is 0. The van der Waals surface area contributed by atoms with E-state index >= 15 is 0 Å². The van der Waals surface area contributed by atoms with Crippen LogP contribution in [0.4, 0.5) is 11.4 Å². The number of hydrogen-bond acceptors (Lipinski definition) is 4. The molecule has 0 fully saturated rings. The van der Waals surface area contributed by atoms with Gasteiger partial charge in [0.2, 0.25) is 0 Å². The number of carboxylic acid groups (broad SMARTS) is 1. The molecule has 0 saturated carbocycles. The van der Waals surface area contributed by atoms with Crippen LogP contribution in [0.2, 0.25) is 5.02 Å². The van der Waals surface area contributed by atoms with Crippen molar-refractivity contribution in [3.8, 4) is 0 Å². The predicted molar refractivity (Wildman–Crippen MR) is 54.2 cm³/mol. The van der Waals surface area contributed by atoms with Gasteiger partial charge in [0.1, 0.15) is 12.2 Å². The molecule has 15 heavy (non-hydrogen) atoms. The van der Waals surface area contributed by atoms with Crippen molar-refractivity contribution in [1.82, 2.24) is 0 Å². The molecule has 0 heterocycles. The number of rotatable bonds is 4. The highest BCUT2D eigenvalue weighted by molar-refractivity contribution is 6.31. The van der Waals surface area contributed by atoms with Crippen LogP contribution in [0, 0.1) is 10.1 Å². The topological polar surface area (TPSA) is 92.5 Å². The molecule has 0 aromatic heterocycles. The van der Waals surface area contributed by atoms with Gasteiger partial charge < -0.3 is 10.4 Å². The molecular formula is C8H7ClN2O4. The summed E-state index contributed by atoms with van der Waals surface area (Å²) in [5.41, 5.74) is -0.115. The summed E-state index contributed by atoms with van der Waals surface area (Å²) in [6.45, 7) is -0.402. The molecule has 1 aromatic carbocycles. The number of hydrogen-bond donors (Lipinski definition) is 2. The Morgan fingerprint density at radius 2 is 2.27 bits per heavy atom. The van der Waals surface area contributed by atoms with Crippen molar-refractivity contribution in [2.75, 3.05) is 11.9 Å². The smallest absolute Gasteiger partial charge is 0.322 e. The van der Waals surface area contributed by atoms with Crippen LogP contribution in [0.1, 0.15) is 0 Å². The molecule has 1 rings (SSSR count). The maximum absolute atomic E-state index is 10.6. The summed E-state index contributed by atoms with van der Waals surface area (Å²) < 4.78 is 0. The lowest BCUT2D eigenvalue weighted by Gasteiger charge is -2.04. The Balaban J connectivity index is 2.96. The zero-order valence-corrected chi connectivity index (χ0v) is 8.19. The molecule has 0 saturated heterocycles. The van der Waals surface area contributed by atoms with E-state index in [4.69, 9.17) is 16.7 Å². The van der Waals surface area contributed by atoms with Crippen LogP contribution in [0.5, 0.6) is 0 Å². The number of benzene rings is 1. The number of halogens is 1. The van der Waals surface area contributed by atoms with Crippen molar-refractivity contribution in [1.29, 1.82) is 0 Å². The predicted octanol–water partition coefficient (Wildman–Crippen LogP) is 1.74. The fraction of sp³-hybridized carbons (Fsp3) is 0.125. The van der Waals surface area contributed by atoms with Crippen LogP contribution in [-0.2, 0) is 4.79 Å². The number of anilines is 1. The molecule has 7 heteroatoms. The number of carboxylic acids is 1. The molecule has 2 N–H and O–H groups in total. The van der Waals surface area contributed by atoms with Gasteiger partial charge in [-0.15, -0.1) is 0 Å². The van der Waals surface area contributed by atoms with Crippen molar-refractivity contribution in [3.63, 3.8) is 0 Å². The van der Waals surface area contributed by atoms with Crippen molar-refractivity contribution in [2.24, 2.45) is 0 Å². The van der Waals surface area contributed by atoms with Gasteiger partial charge in [0.15, 0.2) is 0 Å². The fourth-order valence-electron chi connectivity index (χ4n) is 0.980. The molecule has 0 spiro atoms. The summed E-state index contributed by atoms with van der Waals surface area (Å²) in [6, 6.07) is 3.89. The van der Waals surface area contributed by atoms with Crippen LogP contribution >= 0.6 is 11.6 Å². The maximum Gasteiger partial charge on any atom is 0.322 e. The third-order valence-corrected chi connectivity index (χ3v) is 1.82. The molecule has 80 valence electrons. The monoisotopic (exact) mass is 230 g/mol. The van der Waals surface area contributed by atoms with Crippen LogP contribution < -0.4 is 5.32 Å². The van der Waals surface area contributed by atoms with Gasteiger partial charge in [-0.1, -0.05) is 11.6 Å². The minimum absolute atomic E-state index is 0.0925. The largest absolute Gasteiger partial charge is 0.480 e. The lowest BCUT2D eigenvalue weighted by molar-refractivity contribution is -0.383. The SMILES string of the molecule is O=C(O)CNc1cc(Cl)ccc1[N+](=O)[O-]. The van der Waals surface area contributed by atoms with E-state index in [2.05, 4.69) is 5.32 Å². The van der Waals surface area contributed by atoms with E-state index in [-0.39, 0.29) is 11.4 Å². The first-order valence-corrected chi connectivity index (χ1v) is 4.28. The molecule has 0 aliphatic carbocycles. The second-order valence-electron chi connectivity index (χ2n) is 2.67. The van der Waals surface area contributed by atoms with Gasteiger partial charge in [0.05, 0.1) is 4.92 Å². The van der Waals surface area contributed by atoms with E-state index in [1.807, 2.05) is 0 Å². The quantitative estimate of drug-likeness (QED) is 0.607. The van der Waals surface area contributed by atoms with Crippen LogP contribution in [-0.4, -0.2) is 22.5 Å². The average Bonchev–Trinajstić information content (AvgIpc) is 2.14. The van der Waals surface area contributed by atoms with Crippen molar-refractivity contribution in [2.45, 2.75) is 0 Å². The number of nitro groups is 1. The Bertz CT molecular complexity index is 408. The van der Waals surface area contributed by atoms with Crippen LogP contribution in [0.25, 0.3) is 0 Å². The van der Waals surface area contributed by atoms with E-state index in [1.165, 1.54) is 18.2 Å². The highest BCUT2D eigenvalue weighted by Gasteiger charge is 2.14. The Hall–Kier alpha value is -1.82. The van der Waals surface area contributed by atoms with E-state index in [0.717, 1.165) is 0 Å². The van der Waals surface area contributed by atoms with Crippen molar-refractivity contribution in [3.05, 3.63) is 33.3 Å². The maximum atomic E-state index is 10.6. The molecule has 0 amide bonds. The molecule has 0 aliphatic heterocycles. The van der Waals surface area contributed by atoms with E-state index in [1.54, 1.807) is 0 Å². The van der Waals surface area contributed by atoms with Gasteiger partial charge in [-0.3, -0.25) is 14.9 Å². The standard InChI is InChI=1S/C8H7ClN2O4/c9-5-1-2-7(11(14)15)6(3-5)10-4-8(12)13/h1-3,10H,4H2,(H,12,13). The third kappa shape index (κ3) is 3.10. The number of nitrogens with one attached hydrogen (secondary N) is 1. The molecule has 0 radical (unpaired) electrons. The average molecular weight is 231 g/mol. The zero-order valence-electron chi connectivity index (χ0n) is 7.44. The lowest BCUT2D eigenvalue weighted by Crippen LogP contribution is -2.13. The van der Waals surface area contributed by atoms with Crippen LogP contribution in [0.3, 0.4) is 0 Å². The third-order valence-electron chi connectivity index (χ3n) is 1.59. The summed E-state index contributed by atoms with van der Waals surface area (Å²) in [6.07, 6.45) is 0. The Labute approximate surface area is 89.6 Å². The molecule has 1 aromatic rings.